The molecule has 1 saturated heterocycles. The highest BCUT2D eigenvalue weighted by molar-refractivity contribution is 7.95. The van der Waals surface area contributed by atoms with E-state index in [-0.39, 0.29) is 64.3 Å². The topological polar surface area (TPSA) is 95.8 Å². The van der Waals surface area contributed by atoms with Crippen molar-refractivity contribution in [3.05, 3.63) is 35.9 Å². The minimum atomic E-state index is -2.63. The van der Waals surface area contributed by atoms with Crippen LogP contribution in [0.3, 0.4) is 0 Å². The van der Waals surface area contributed by atoms with E-state index in [9.17, 15) is 10.2 Å². The summed E-state index contributed by atoms with van der Waals surface area (Å²) in [6.45, 7) is 27.8. The van der Waals surface area contributed by atoms with Crippen molar-refractivity contribution in [1.29, 1.82) is 0 Å². The van der Waals surface area contributed by atoms with Gasteiger partial charge in [-0.3, -0.25) is 0 Å². The Morgan fingerprint density at radius 1 is 0.646 bits per heavy atom. The number of aliphatic hydroxyl groups is 2. The van der Waals surface area contributed by atoms with Crippen LogP contribution in [0.4, 0.5) is 0 Å². The number of aliphatic hydroxyl groups excluding tert-OH is 2. The fraction of sp³-hybridized carbons (Fsp3) is 0.788. The van der Waals surface area contributed by atoms with Gasteiger partial charge in [0, 0.05) is 37.7 Å². The molecule has 0 spiro atoms. The van der Waals surface area contributed by atoms with Crippen molar-refractivity contribution < 1.29 is 37.8 Å². The zero-order valence-electron chi connectivity index (χ0n) is 43.6. The molecular formula is C52H95O8P5. The lowest BCUT2D eigenvalue weighted by Crippen LogP contribution is -2.47. The Morgan fingerprint density at radius 2 is 1.18 bits per heavy atom. The van der Waals surface area contributed by atoms with Gasteiger partial charge < -0.3 is 37.8 Å². The van der Waals surface area contributed by atoms with Crippen molar-refractivity contribution in [3.63, 3.8) is 0 Å². The van der Waals surface area contributed by atoms with Gasteiger partial charge in [0.05, 0.1) is 55.4 Å². The first-order chi connectivity index (χ1) is 29.6. The van der Waals surface area contributed by atoms with Gasteiger partial charge in [0.25, 0.3) is 0 Å². The third-order valence-corrected chi connectivity index (χ3v) is 33.5. The third kappa shape index (κ3) is 13.5. The summed E-state index contributed by atoms with van der Waals surface area (Å²) in [7, 11) is -3.45. The van der Waals surface area contributed by atoms with E-state index in [0.29, 0.717) is 25.0 Å². The fourth-order valence-corrected chi connectivity index (χ4v) is 34.1. The average molecular weight is 1000 g/mol. The summed E-state index contributed by atoms with van der Waals surface area (Å²) in [6, 6.07) is 10.3. The first-order valence-corrected chi connectivity index (χ1v) is 37.3. The summed E-state index contributed by atoms with van der Waals surface area (Å²) in [5.41, 5.74) is 1.04. The van der Waals surface area contributed by atoms with Gasteiger partial charge in [0.2, 0.25) is 0 Å². The molecule has 0 radical (unpaired) electrons. The number of hydrogen-bond donors (Lipinski definition) is 2. The molecule has 3 aliphatic carbocycles. The summed E-state index contributed by atoms with van der Waals surface area (Å²) in [6.07, 6.45) is 27.7. The van der Waals surface area contributed by atoms with Crippen LogP contribution in [-0.4, -0.2) is 162 Å². The van der Waals surface area contributed by atoms with Gasteiger partial charge in [0.1, 0.15) is 14.7 Å². The lowest BCUT2D eigenvalue weighted by molar-refractivity contribution is -0.0424. The fourth-order valence-electron chi connectivity index (χ4n) is 12.7. The molecule has 13 heteroatoms. The highest BCUT2D eigenvalue weighted by atomic mass is 31.2. The molecule has 0 amide bonds. The Balaban J connectivity index is 1.26. The Morgan fingerprint density at radius 3 is 1.71 bits per heavy atom. The van der Waals surface area contributed by atoms with Crippen molar-refractivity contribution >= 4 is 66.8 Å². The van der Waals surface area contributed by atoms with E-state index in [1.807, 2.05) is 31.5 Å². The molecule has 1 aliphatic heterocycles. The SMILES string of the molecule is C=P(C)(CC1CC(C)C(OC)C1OP(=C)(C)OCC1CC(Cc2ccccc2)C(O)C1OP(=C)(C)OCC1CC(C)C(C)C1O)CP(=C)(C)CP(=C)(C)CC1(C)OC(C)C(C)(C)C1(C)C. The van der Waals surface area contributed by atoms with Crippen LogP contribution in [0.25, 0.3) is 0 Å². The second kappa shape index (κ2) is 20.9. The second-order valence-corrected chi connectivity index (χ2v) is 42.2. The summed E-state index contributed by atoms with van der Waals surface area (Å²) in [5.74, 6) is 3.36. The number of benzene rings is 1. The summed E-state index contributed by atoms with van der Waals surface area (Å²) in [5, 5.41) is 22.8. The van der Waals surface area contributed by atoms with Crippen LogP contribution in [0, 0.1) is 52.3 Å². The molecule has 376 valence electrons. The first kappa shape index (κ1) is 56.3. The minimum Gasteiger partial charge on any atom is -0.392 e. The van der Waals surface area contributed by atoms with Crippen molar-refractivity contribution in [2.45, 2.75) is 130 Å². The van der Waals surface area contributed by atoms with Crippen molar-refractivity contribution in [2.75, 3.05) is 77.8 Å². The smallest absolute Gasteiger partial charge is 0.114 e. The van der Waals surface area contributed by atoms with Crippen molar-refractivity contribution in [2.24, 2.45) is 52.3 Å². The number of hydrogen-bond acceptors (Lipinski definition) is 8. The first-order valence-electron chi connectivity index (χ1n) is 24.4. The molecule has 3 saturated carbocycles. The van der Waals surface area contributed by atoms with Crippen LogP contribution in [0.2, 0.25) is 0 Å². The lowest BCUT2D eigenvalue weighted by Gasteiger charge is -2.46. The van der Waals surface area contributed by atoms with Crippen LogP contribution in [0.5, 0.6) is 0 Å². The Hall–Kier alpha value is 0.400. The molecule has 4 fully saturated rings. The molecule has 19 unspecified atom stereocenters. The quantitative estimate of drug-likeness (QED) is 0.118. The zero-order valence-corrected chi connectivity index (χ0v) is 48.1. The van der Waals surface area contributed by atoms with Gasteiger partial charge in [0.15, 0.2) is 0 Å². The Bertz CT molecular complexity index is 2020. The van der Waals surface area contributed by atoms with Gasteiger partial charge in [-0.05, 0) is 124 Å². The van der Waals surface area contributed by atoms with E-state index in [2.05, 4.69) is 107 Å². The monoisotopic (exact) mass is 1000 g/mol. The van der Waals surface area contributed by atoms with E-state index >= 15 is 0 Å². The summed E-state index contributed by atoms with van der Waals surface area (Å²) >= 11 is 0. The van der Waals surface area contributed by atoms with Crippen LogP contribution < -0.4 is 0 Å². The van der Waals surface area contributed by atoms with E-state index in [0.717, 1.165) is 49.8 Å². The molecule has 8 nitrogen and oxygen atoms in total. The van der Waals surface area contributed by atoms with Crippen LogP contribution >= 0.6 is 35.3 Å². The molecule has 5 rings (SSSR count). The molecule has 0 bridgehead atoms. The molecule has 1 aromatic rings. The van der Waals surface area contributed by atoms with E-state index in [4.69, 9.17) is 46.5 Å². The van der Waals surface area contributed by atoms with E-state index in [1.165, 1.54) is 5.56 Å². The van der Waals surface area contributed by atoms with Crippen LogP contribution in [0.1, 0.15) is 87.1 Å². The maximum atomic E-state index is 11.9. The highest BCUT2D eigenvalue weighted by Gasteiger charge is 2.61. The predicted molar refractivity (Wildman–Crippen MR) is 296 cm³/mol. The molecular weight excluding hydrogens is 907 g/mol. The van der Waals surface area contributed by atoms with Gasteiger partial charge in [-0.1, -0.05) is 91.4 Å². The molecule has 0 aromatic heterocycles. The molecule has 2 N–H and O–H groups in total. The normalized spacial score (nSPS) is 40.4. The van der Waals surface area contributed by atoms with Gasteiger partial charge >= 0.3 is 0 Å². The summed E-state index contributed by atoms with van der Waals surface area (Å²) < 4.78 is 40.2. The standard InChI is InChI=1S/C52H95O8P5/c1-36-26-42(45(53)38(36)3)30-56-64(17,18)59-48-43(29-41(46(48)54)28-40-24-22-21-23-25-40)31-57-65(19,20)60-49-44(27-37(2)47(49)55-10)32-61(11,12)34-63(15,16)35-62(13,14)33-52(9)51(7,8)50(5,6)39(4)58-52/h21-25,36-39,41-49,53-54H,11,13,15,17,19,26-35H2,1-10,12,14,16,18,20H3. The van der Waals surface area contributed by atoms with Crippen molar-refractivity contribution in [1.82, 2.24) is 0 Å². The minimum absolute atomic E-state index is 0.0187. The van der Waals surface area contributed by atoms with Crippen molar-refractivity contribution in [3.8, 4) is 0 Å². The largest absolute Gasteiger partial charge is 0.392 e. The average Bonchev–Trinajstić information content (AvgIpc) is 3.74. The maximum absolute atomic E-state index is 11.9. The maximum Gasteiger partial charge on any atom is 0.114 e. The van der Waals surface area contributed by atoms with E-state index in [1.54, 1.807) is 7.11 Å². The van der Waals surface area contributed by atoms with E-state index < -0.39 is 53.6 Å². The van der Waals surface area contributed by atoms with Crippen LogP contribution in [0.15, 0.2) is 30.3 Å². The molecule has 1 heterocycles. The number of rotatable bonds is 21. The molecule has 19 atom stereocenters. The lowest BCUT2D eigenvalue weighted by atomic mass is 9.61. The Labute approximate surface area is 399 Å². The van der Waals surface area contributed by atoms with Gasteiger partial charge in [-0.15, -0.1) is 39.6 Å². The predicted octanol–water partition coefficient (Wildman–Crippen LogP) is 11.6. The zero-order chi connectivity index (χ0) is 48.9. The molecule has 65 heavy (non-hydrogen) atoms. The Kier molecular flexibility index (Phi) is 18.1. The number of ether oxygens (including phenoxy) is 2. The third-order valence-electron chi connectivity index (χ3n) is 17.0. The van der Waals surface area contributed by atoms with Gasteiger partial charge in [-0.2, -0.15) is 0 Å². The second-order valence-electron chi connectivity index (χ2n) is 24.5. The van der Waals surface area contributed by atoms with Crippen LogP contribution in [-0.2, 0) is 34.0 Å². The summed E-state index contributed by atoms with van der Waals surface area (Å²) in [4.78, 5) is 0. The molecule has 4 aliphatic rings. The number of methoxy groups -OCH3 is 1. The van der Waals surface area contributed by atoms with Gasteiger partial charge in [-0.25, -0.2) is 0 Å². The molecule has 1 aromatic carbocycles. The highest BCUT2D eigenvalue weighted by Crippen LogP contribution is 2.69.